The highest BCUT2D eigenvalue weighted by atomic mass is 16.5. The number of ether oxygens (including phenoxy) is 2. The summed E-state index contributed by atoms with van der Waals surface area (Å²) in [7, 11) is 1.53. The number of carbonyl (C=O) groups excluding carboxylic acids is 2. The van der Waals surface area contributed by atoms with Gasteiger partial charge in [0.15, 0.2) is 0 Å². The molecule has 26 heavy (non-hydrogen) atoms. The summed E-state index contributed by atoms with van der Waals surface area (Å²) in [5, 5.41) is 12.9. The van der Waals surface area contributed by atoms with E-state index in [0.717, 1.165) is 32.4 Å². The Morgan fingerprint density at radius 1 is 1.27 bits per heavy atom. The Bertz CT molecular complexity index is 679. The second-order valence-electron chi connectivity index (χ2n) is 6.49. The molecule has 1 aliphatic heterocycles. The molecule has 1 fully saturated rings. The Kier molecular flexibility index (Phi) is 7.00. The van der Waals surface area contributed by atoms with Gasteiger partial charge in [-0.3, -0.25) is 9.59 Å². The molecule has 1 aromatic rings. The minimum Gasteiger partial charge on any atom is -0.497 e. The van der Waals surface area contributed by atoms with Gasteiger partial charge in [-0.1, -0.05) is 5.16 Å². The van der Waals surface area contributed by atoms with Crippen LogP contribution in [0.3, 0.4) is 0 Å². The van der Waals surface area contributed by atoms with Gasteiger partial charge >= 0.3 is 5.97 Å². The molecule has 0 bridgehead atoms. The van der Waals surface area contributed by atoms with Crippen molar-refractivity contribution in [3.63, 3.8) is 0 Å². The van der Waals surface area contributed by atoms with Crippen LogP contribution in [-0.2, 0) is 9.59 Å². The van der Waals surface area contributed by atoms with E-state index in [1.165, 1.54) is 14.0 Å². The fourth-order valence-electron chi connectivity index (χ4n) is 3.22. The van der Waals surface area contributed by atoms with Gasteiger partial charge in [0, 0.05) is 38.6 Å². The number of oxime groups is 1. The maximum absolute atomic E-state index is 11.4. The molecule has 7 nitrogen and oxygen atoms in total. The Morgan fingerprint density at radius 3 is 2.50 bits per heavy atom. The van der Waals surface area contributed by atoms with E-state index in [1.807, 2.05) is 4.90 Å². The normalized spacial score (nSPS) is 15.7. The minimum absolute atomic E-state index is 0.116. The van der Waals surface area contributed by atoms with Crippen LogP contribution < -0.4 is 9.47 Å². The molecule has 1 aliphatic rings. The SMILES string of the molecule is COc1ccc(C(CCC2CCN(C(C)=O)CC2)=NO)c(OC(C)=O)c1. The lowest BCUT2D eigenvalue weighted by Gasteiger charge is -2.31. The van der Waals surface area contributed by atoms with E-state index >= 15 is 0 Å². The van der Waals surface area contributed by atoms with Crippen molar-refractivity contribution in [2.75, 3.05) is 20.2 Å². The summed E-state index contributed by atoms with van der Waals surface area (Å²) in [5.74, 6) is 1.01. The zero-order valence-corrected chi connectivity index (χ0v) is 15.5. The highest BCUT2D eigenvalue weighted by Crippen LogP contribution is 2.29. The monoisotopic (exact) mass is 362 g/mol. The highest BCUT2D eigenvalue weighted by molar-refractivity contribution is 6.03. The van der Waals surface area contributed by atoms with Crippen LogP contribution in [0.1, 0.15) is 45.1 Å². The largest absolute Gasteiger partial charge is 0.497 e. The van der Waals surface area contributed by atoms with Gasteiger partial charge < -0.3 is 19.6 Å². The van der Waals surface area contributed by atoms with E-state index < -0.39 is 5.97 Å². The summed E-state index contributed by atoms with van der Waals surface area (Å²) < 4.78 is 10.4. The summed E-state index contributed by atoms with van der Waals surface area (Å²) in [5.41, 5.74) is 1.04. The molecular formula is C19H26N2O5. The number of hydrogen-bond donors (Lipinski definition) is 1. The molecule has 142 valence electrons. The van der Waals surface area contributed by atoms with E-state index in [1.54, 1.807) is 25.1 Å². The first kappa shape index (κ1) is 19.8. The third-order valence-corrected chi connectivity index (χ3v) is 4.72. The van der Waals surface area contributed by atoms with E-state index in [4.69, 9.17) is 9.47 Å². The van der Waals surface area contributed by atoms with Gasteiger partial charge in [0.1, 0.15) is 11.5 Å². The van der Waals surface area contributed by atoms with Crippen molar-refractivity contribution in [2.24, 2.45) is 11.1 Å². The predicted molar refractivity (Wildman–Crippen MR) is 96.8 cm³/mol. The van der Waals surface area contributed by atoms with Gasteiger partial charge in [-0.2, -0.15) is 0 Å². The van der Waals surface area contributed by atoms with Gasteiger partial charge in [0.2, 0.25) is 5.91 Å². The van der Waals surface area contributed by atoms with Crippen molar-refractivity contribution in [1.29, 1.82) is 0 Å². The van der Waals surface area contributed by atoms with Crippen LogP contribution in [-0.4, -0.2) is 47.9 Å². The van der Waals surface area contributed by atoms with Crippen molar-refractivity contribution < 1.29 is 24.3 Å². The first-order chi connectivity index (χ1) is 12.4. The van der Waals surface area contributed by atoms with Crippen molar-refractivity contribution in [2.45, 2.75) is 39.5 Å². The van der Waals surface area contributed by atoms with Crippen molar-refractivity contribution in [1.82, 2.24) is 4.90 Å². The fourth-order valence-corrected chi connectivity index (χ4v) is 3.22. The molecule has 0 unspecified atom stereocenters. The zero-order valence-electron chi connectivity index (χ0n) is 15.5. The summed E-state index contributed by atoms with van der Waals surface area (Å²) in [4.78, 5) is 24.6. The standard InChI is InChI=1S/C19H26N2O5/c1-13(22)21-10-8-15(9-11-21)4-7-18(20-24)17-6-5-16(25-3)12-19(17)26-14(2)23/h5-6,12,15,24H,4,7-11H2,1-3H3. The van der Waals surface area contributed by atoms with E-state index in [0.29, 0.717) is 35.1 Å². The Labute approximate surface area is 153 Å². The van der Waals surface area contributed by atoms with Crippen LogP contribution in [0.4, 0.5) is 0 Å². The molecule has 0 aromatic heterocycles. The molecule has 0 spiro atoms. The molecule has 2 rings (SSSR count). The highest BCUT2D eigenvalue weighted by Gasteiger charge is 2.22. The lowest BCUT2D eigenvalue weighted by Crippen LogP contribution is -2.37. The van der Waals surface area contributed by atoms with Crippen LogP contribution in [0.15, 0.2) is 23.4 Å². The third kappa shape index (κ3) is 5.21. The predicted octanol–water partition coefficient (Wildman–Crippen LogP) is 2.84. The smallest absolute Gasteiger partial charge is 0.308 e. The molecule has 1 N–H and O–H groups in total. The van der Waals surface area contributed by atoms with Gasteiger partial charge in [-0.05, 0) is 43.7 Å². The van der Waals surface area contributed by atoms with Crippen LogP contribution in [0.5, 0.6) is 11.5 Å². The maximum atomic E-state index is 11.4. The fraction of sp³-hybridized carbons (Fsp3) is 0.526. The second kappa shape index (κ2) is 9.22. The number of benzene rings is 1. The zero-order chi connectivity index (χ0) is 19.1. The van der Waals surface area contributed by atoms with E-state index in [9.17, 15) is 14.8 Å². The average molecular weight is 362 g/mol. The van der Waals surface area contributed by atoms with Gasteiger partial charge in [0.25, 0.3) is 0 Å². The van der Waals surface area contributed by atoms with Crippen molar-refractivity contribution in [3.05, 3.63) is 23.8 Å². The Morgan fingerprint density at radius 2 is 1.96 bits per heavy atom. The molecule has 0 radical (unpaired) electrons. The average Bonchev–Trinajstić information content (AvgIpc) is 2.63. The molecule has 1 saturated heterocycles. The van der Waals surface area contributed by atoms with Crippen molar-refractivity contribution in [3.8, 4) is 11.5 Å². The lowest BCUT2D eigenvalue weighted by atomic mass is 9.90. The number of hydrogen-bond acceptors (Lipinski definition) is 6. The maximum Gasteiger partial charge on any atom is 0.308 e. The Hall–Kier alpha value is -2.57. The Balaban J connectivity index is 2.05. The molecule has 1 aromatic carbocycles. The first-order valence-electron chi connectivity index (χ1n) is 8.77. The summed E-state index contributed by atoms with van der Waals surface area (Å²) in [6.07, 6.45) is 3.29. The molecule has 0 saturated carbocycles. The number of likely N-dealkylation sites (tertiary alicyclic amines) is 1. The molecule has 7 heteroatoms. The first-order valence-corrected chi connectivity index (χ1v) is 8.77. The molecule has 0 atom stereocenters. The number of amides is 1. The number of nitrogens with zero attached hydrogens (tertiary/aromatic N) is 2. The topological polar surface area (TPSA) is 88.4 Å². The quantitative estimate of drug-likeness (QED) is 0.276. The molecular weight excluding hydrogens is 336 g/mol. The number of piperidine rings is 1. The van der Waals surface area contributed by atoms with Crippen molar-refractivity contribution >= 4 is 17.6 Å². The number of esters is 1. The van der Waals surface area contributed by atoms with Gasteiger partial charge in [-0.25, -0.2) is 0 Å². The summed E-state index contributed by atoms with van der Waals surface area (Å²) >= 11 is 0. The molecule has 1 amide bonds. The second-order valence-corrected chi connectivity index (χ2v) is 6.49. The third-order valence-electron chi connectivity index (χ3n) is 4.72. The number of methoxy groups -OCH3 is 1. The van der Waals surface area contributed by atoms with Crippen LogP contribution in [0.25, 0.3) is 0 Å². The van der Waals surface area contributed by atoms with E-state index in [-0.39, 0.29) is 5.91 Å². The van der Waals surface area contributed by atoms with Gasteiger partial charge in [0.05, 0.1) is 12.8 Å². The van der Waals surface area contributed by atoms with Crippen LogP contribution in [0, 0.1) is 5.92 Å². The lowest BCUT2D eigenvalue weighted by molar-refractivity contribution is -0.132. The van der Waals surface area contributed by atoms with Crippen LogP contribution in [0.2, 0.25) is 0 Å². The minimum atomic E-state index is -0.451. The summed E-state index contributed by atoms with van der Waals surface area (Å²) in [6, 6.07) is 5.07. The number of rotatable bonds is 6. The molecule has 1 heterocycles. The van der Waals surface area contributed by atoms with E-state index in [2.05, 4.69) is 5.16 Å². The van der Waals surface area contributed by atoms with Crippen LogP contribution >= 0.6 is 0 Å². The number of carbonyl (C=O) groups is 2. The molecule has 0 aliphatic carbocycles. The summed E-state index contributed by atoms with van der Waals surface area (Å²) in [6.45, 7) is 4.46. The van der Waals surface area contributed by atoms with Gasteiger partial charge in [-0.15, -0.1) is 0 Å².